The summed E-state index contributed by atoms with van der Waals surface area (Å²) in [5.74, 6) is 1.55. The van der Waals surface area contributed by atoms with E-state index in [1.807, 2.05) is 24.4 Å². The maximum atomic E-state index is 13.7. The van der Waals surface area contributed by atoms with Crippen LogP contribution in [0.5, 0.6) is 0 Å². The summed E-state index contributed by atoms with van der Waals surface area (Å²) in [7, 11) is 3.33. The van der Waals surface area contributed by atoms with Gasteiger partial charge in [-0.15, -0.1) is 0 Å². The molecule has 1 aromatic carbocycles. The van der Waals surface area contributed by atoms with Crippen LogP contribution in [0, 0.1) is 5.82 Å². The first-order chi connectivity index (χ1) is 13.7. The van der Waals surface area contributed by atoms with Crippen LogP contribution in [0.3, 0.4) is 0 Å². The van der Waals surface area contributed by atoms with Crippen LogP contribution in [-0.4, -0.2) is 44.2 Å². The Kier molecular flexibility index (Phi) is 7.19. The molecule has 2 heterocycles. The van der Waals surface area contributed by atoms with E-state index in [1.165, 1.54) is 6.07 Å². The third-order valence-electron chi connectivity index (χ3n) is 4.90. The molecule has 0 spiro atoms. The minimum atomic E-state index is -0.243. The second-order valence-electron chi connectivity index (χ2n) is 6.88. The lowest BCUT2D eigenvalue weighted by Gasteiger charge is -2.33. The summed E-state index contributed by atoms with van der Waals surface area (Å²) in [4.78, 5) is 11.1. The fourth-order valence-corrected chi connectivity index (χ4v) is 3.37. The Bertz CT molecular complexity index is 776. The average Bonchev–Trinajstić information content (AvgIpc) is 2.74. The van der Waals surface area contributed by atoms with E-state index in [9.17, 15) is 4.39 Å². The molecule has 0 radical (unpaired) electrons. The van der Waals surface area contributed by atoms with E-state index in [-0.39, 0.29) is 12.4 Å². The van der Waals surface area contributed by atoms with Crippen LogP contribution in [0.15, 0.2) is 47.6 Å². The summed E-state index contributed by atoms with van der Waals surface area (Å²) in [6.45, 7) is 2.76. The highest BCUT2D eigenvalue weighted by atomic mass is 19.1. The number of rotatable bonds is 6. The Balaban J connectivity index is 1.48. The Hall–Kier alpha value is -2.67. The molecular weight excluding hydrogens is 357 g/mol. The summed E-state index contributed by atoms with van der Waals surface area (Å²) in [5.41, 5.74) is 1.55. The lowest BCUT2D eigenvalue weighted by molar-refractivity contribution is 0.181. The predicted molar refractivity (Wildman–Crippen MR) is 110 cm³/mol. The predicted octanol–water partition coefficient (Wildman–Crippen LogP) is 2.70. The number of piperidine rings is 1. The van der Waals surface area contributed by atoms with Crippen molar-refractivity contribution in [1.82, 2.24) is 15.6 Å². The lowest BCUT2D eigenvalue weighted by atomic mass is 10.1. The van der Waals surface area contributed by atoms with E-state index in [4.69, 9.17) is 4.74 Å². The maximum absolute atomic E-state index is 13.7. The zero-order chi connectivity index (χ0) is 19.8. The van der Waals surface area contributed by atoms with Gasteiger partial charge in [-0.1, -0.05) is 12.1 Å². The van der Waals surface area contributed by atoms with Crippen molar-refractivity contribution in [3.05, 3.63) is 59.5 Å². The van der Waals surface area contributed by atoms with E-state index in [0.717, 1.165) is 43.3 Å². The van der Waals surface area contributed by atoms with E-state index in [0.29, 0.717) is 18.2 Å². The molecule has 0 atom stereocenters. The first kappa shape index (κ1) is 20.1. The number of benzene rings is 1. The van der Waals surface area contributed by atoms with Crippen molar-refractivity contribution < 1.29 is 9.13 Å². The van der Waals surface area contributed by atoms with Crippen LogP contribution in [0.25, 0.3) is 0 Å². The van der Waals surface area contributed by atoms with Crippen molar-refractivity contribution in [3.8, 4) is 0 Å². The number of pyridine rings is 1. The summed E-state index contributed by atoms with van der Waals surface area (Å²) in [5, 5.41) is 6.81. The molecule has 1 aromatic heterocycles. The molecule has 7 heteroatoms. The first-order valence-corrected chi connectivity index (χ1v) is 9.59. The van der Waals surface area contributed by atoms with Gasteiger partial charge in [0.05, 0.1) is 6.61 Å². The van der Waals surface area contributed by atoms with Gasteiger partial charge < -0.3 is 20.3 Å². The number of aliphatic imine (C=N–C) groups is 1. The standard InChI is InChI=1S/C21H28FN5O/c1-23-21(25-14-16-6-7-19(22)17(13-16)15-28-2)26-18-8-11-27(12-9-18)20-5-3-4-10-24-20/h3-7,10,13,18H,8-9,11-12,14-15H2,1-2H3,(H2,23,25,26). The normalized spacial score (nSPS) is 15.5. The maximum Gasteiger partial charge on any atom is 0.191 e. The Morgan fingerprint density at radius 2 is 2.11 bits per heavy atom. The molecular formula is C21H28FN5O. The number of ether oxygens (including phenoxy) is 1. The number of halogens is 1. The number of guanidine groups is 1. The molecule has 28 heavy (non-hydrogen) atoms. The quantitative estimate of drug-likeness (QED) is 0.591. The Labute approximate surface area is 165 Å². The summed E-state index contributed by atoms with van der Waals surface area (Å²) < 4.78 is 18.8. The highest BCUT2D eigenvalue weighted by Crippen LogP contribution is 2.17. The second-order valence-corrected chi connectivity index (χ2v) is 6.88. The molecule has 1 aliphatic heterocycles. The number of nitrogens with zero attached hydrogens (tertiary/aromatic N) is 3. The second kappa shape index (κ2) is 10.0. The molecule has 2 N–H and O–H groups in total. The van der Waals surface area contributed by atoms with Gasteiger partial charge in [0.2, 0.25) is 0 Å². The molecule has 6 nitrogen and oxygen atoms in total. The number of hydrogen-bond acceptors (Lipinski definition) is 4. The van der Waals surface area contributed by atoms with E-state index in [1.54, 1.807) is 20.2 Å². The van der Waals surface area contributed by atoms with E-state index < -0.39 is 0 Å². The number of hydrogen-bond donors (Lipinski definition) is 2. The van der Waals surface area contributed by atoms with Gasteiger partial charge in [-0.05, 0) is 42.7 Å². The Morgan fingerprint density at radius 3 is 2.79 bits per heavy atom. The van der Waals surface area contributed by atoms with Gasteiger partial charge in [0.15, 0.2) is 5.96 Å². The highest BCUT2D eigenvalue weighted by Gasteiger charge is 2.20. The fraction of sp³-hybridized carbons (Fsp3) is 0.429. The minimum absolute atomic E-state index is 0.243. The smallest absolute Gasteiger partial charge is 0.191 e. The molecule has 0 unspecified atom stereocenters. The topological polar surface area (TPSA) is 61.8 Å². The average molecular weight is 385 g/mol. The van der Waals surface area contributed by atoms with Crippen molar-refractivity contribution in [2.24, 2.45) is 4.99 Å². The number of methoxy groups -OCH3 is 1. The van der Waals surface area contributed by atoms with Gasteiger partial charge in [0.1, 0.15) is 11.6 Å². The largest absolute Gasteiger partial charge is 0.380 e. The van der Waals surface area contributed by atoms with E-state index in [2.05, 4.69) is 31.6 Å². The fourth-order valence-electron chi connectivity index (χ4n) is 3.37. The molecule has 150 valence electrons. The lowest BCUT2D eigenvalue weighted by Crippen LogP contribution is -2.48. The third-order valence-corrected chi connectivity index (χ3v) is 4.90. The van der Waals surface area contributed by atoms with Crippen molar-refractivity contribution in [2.45, 2.75) is 32.0 Å². The first-order valence-electron chi connectivity index (χ1n) is 9.59. The third kappa shape index (κ3) is 5.42. The molecule has 1 fully saturated rings. The van der Waals surface area contributed by atoms with Crippen molar-refractivity contribution in [1.29, 1.82) is 0 Å². The number of nitrogens with one attached hydrogen (secondary N) is 2. The minimum Gasteiger partial charge on any atom is -0.380 e. The van der Waals surface area contributed by atoms with Crippen molar-refractivity contribution in [2.75, 3.05) is 32.1 Å². The number of aromatic nitrogens is 1. The zero-order valence-corrected chi connectivity index (χ0v) is 16.5. The van der Waals surface area contributed by atoms with Crippen molar-refractivity contribution >= 4 is 11.8 Å². The van der Waals surface area contributed by atoms with Gasteiger partial charge in [-0.3, -0.25) is 4.99 Å². The SMILES string of the molecule is CN=C(NCc1ccc(F)c(COC)c1)NC1CCN(c2ccccn2)CC1. The monoisotopic (exact) mass is 385 g/mol. The molecule has 1 saturated heterocycles. The molecule has 0 saturated carbocycles. The van der Waals surface area contributed by atoms with Crippen molar-refractivity contribution in [3.63, 3.8) is 0 Å². The van der Waals surface area contributed by atoms with Gasteiger partial charge in [0, 0.05) is 51.6 Å². The van der Waals surface area contributed by atoms with Crippen LogP contribution in [0.2, 0.25) is 0 Å². The molecule has 0 aliphatic carbocycles. The van der Waals surface area contributed by atoms with Gasteiger partial charge in [-0.25, -0.2) is 9.37 Å². The van der Waals surface area contributed by atoms with Crippen LogP contribution >= 0.6 is 0 Å². The highest BCUT2D eigenvalue weighted by molar-refractivity contribution is 5.80. The van der Waals surface area contributed by atoms with Crippen LogP contribution < -0.4 is 15.5 Å². The molecule has 1 aliphatic rings. The van der Waals surface area contributed by atoms with Gasteiger partial charge in [-0.2, -0.15) is 0 Å². The molecule has 0 amide bonds. The molecule has 2 aromatic rings. The van der Waals surface area contributed by atoms with Crippen LogP contribution in [0.4, 0.5) is 10.2 Å². The van der Waals surface area contributed by atoms with Gasteiger partial charge >= 0.3 is 0 Å². The molecule has 3 rings (SSSR count). The van der Waals surface area contributed by atoms with E-state index >= 15 is 0 Å². The number of anilines is 1. The van der Waals surface area contributed by atoms with Gasteiger partial charge in [0.25, 0.3) is 0 Å². The molecule has 0 bridgehead atoms. The summed E-state index contributed by atoms with van der Waals surface area (Å²) in [6.07, 6.45) is 3.87. The van der Waals surface area contributed by atoms with Crippen LogP contribution in [0.1, 0.15) is 24.0 Å². The van der Waals surface area contributed by atoms with Crippen LogP contribution in [-0.2, 0) is 17.9 Å². The zero-order valence-electron chi connectivity index (χ0n) is 16.5. The summed E-state index contributed by atoms with van der Waals surface area (Å²) in [6, 6.07) is 11.5. The summed E-state index contributed by atoms with van der Waals surface area (Å²) >= 11 is 0. The Morgan fingerprint density at radius 1 is 1.29 bits per heavy atom.